The molecule has 2 aromatic rings. The number of halogens is 2. The maximum absolute atomic E-state index is 6.32. The van der Waals surface area contributed by atoms with Gasteiger partial charge in [0.25, 0.3) is 0 Å². The number of benzene rings is 1. The maximum atomic E-state index is 6.32. The summed E-state index contributed by atoms with van der Waals surface area (Å²) in [6.07, 6.45) is 1.54. The van der Waals surface area contributed by atoms with E-state index in [1.165, 1.54) is 0 Å². The highest BCUT2D eigenvalue weighted by molar-refractivity contribution is 9.10. The fraction of sp³-hybridized carbons (Fsp3) is 0.0833. The van der Waals surface area contributed by atoms with E-state index in [4.69, 9.17) is 17.3 Å². The first-order chi connectivity index (χ1) is 9.49. The number of hydrazone groups is 1. The van der Waals surface area contributed by atoms with Gasteiger partial charge in [0.2, 0.25) is 0 Å². The Bertz CT molecular complexity index is 665. The van der Waals surface area contributed by atoms with Gasteiger partial charge in [-0.1, -0.05) is 27.5 Å². The first-order valence-corrected chi connectivity index (χ1v) is 7.16. The molecule has 8 heteroatoms. The molecule has 1 heterocycles. The van der Waals surface area contributed by atoms with Gasteiger partial charge < -0.3 is 5.73 Å². The number of nitrogens with two attached hydrogens (primary N) is 1. The third kappa shape index (κ3) is 3.36. The number of hydrogen-bond donors (Lipinski definition) is 2. The van der Waals surface area contributed by atoms with Crippen LogP contribution in [0.4, 0.5) is 0 Å². The van der Waals surface area contributed by atoms with Crippen molar-refractivity contribution in [3.63, 3.8) is 0 Å². The smallest absolute Gasteiger partial charge is 0.184 e. The molecule has 104 valence electrons. The first kappa shape index (κ1) is 15.0. The second-order valence-corrected chi connectivity index (χ2v) is 5.63. The molecule has 0 fully saturated rings. The lowest BCUT2D eigenvalue weighted by Crippen LogP contribution is -2.24. The van der Waals surface area contributed by atoms with Gasteiger partial charge >= 0.3 is 0 Å². The number of nitrogens with zero attached hydrogens (tertiary/aromatic N) is 3. The highest BCUT2D eigenvalue weighted by atomic mass is 79.9. The van der Waals surface area contributed by atoms with Crippen LogP contribution in [0.3, 0.4) is 0 Å². The Balaban J connectivity index is 2.35. The number of thiocarbonyl (C=S) groups is 1. The summed E-state index contributed by atoms with van der Waals surface area (Å²) in [6, 6.07) is 7.67. The fourth-order valence-electron chi connectivity index (χ4n) is 1.57. The van der Waals surface area contributed by atoms with Crippen LogP contribution in [0.15, 0.2) is 33.8 Å². The van der Waals surface area contributed by atoms with Crippen molar-refractivity contribution in [1.29, 1.82) is 0 Å². The molecule has 0 bridgehead atoms. The Morgan fingerprint density at radius 3 is 2.75 bits per heavy atom. The Hall–Kier alpha value is -1.44. The summed E-state index contributed by atoms with van der Waals surface area (Å²) < 4.78 is 2.63. The van der Waals surface area contributed by atoms with E-state index in [1.807, 2.05) is 31.2 Å². The van der Waals surface area contributed by atoms with Crippen molar-refractivity contribution >= 4 is 51.1 Å². The van der Waals surface area contributed by atoms with Gasteiger partial charge in [0, 0.05) is 4.47 Å². The zero-order valence-corrected chi connectivity index (χ0v) is 13.6. The van der Waals surface area contributed by atoms with Crippen LogP contribution in [0.5, 0.6) is 0 Å². The zero-order chi connectivity index (χ0) is 14.7. The summed E-state index contributed by atoms with van der Waals surface area (Å²) in [6.45, 7) is 1.85. The minimum absolute atomic E-state index is 0.0929. The molecule has 3 N–H and O–H groups in total. The topological polar surface area (TPSA) is 68.2 Å². The summed E-state index contributed by atoms with van der Waals surface area (Å²) >= 11 is 14.4. The van der Waals surface area contributed by atoms with Crippen molar-refractivity contribution in [2.75, 3.05) is 0 Å². The summed E-state index contributed by atoms with van der Waals surface area (Å²) in [5.41, 5.74) is 10.1. The maximum Gasteiger partial charge on any atom is 0.184 e. The molecule has 0 aliphatic rings. The van der Waals surface area contributed by atoms with E-state index in [0.717, 1.165) is 15.9 Å². The van der Waals surface area contributed by atoms with E-state index in [2.05, 4.69) is 43.8 Å². The summed E-state index contributed by atoms with van der Waals surface area (Å²) in [5, 5.41) is 8.86. The fourth-order valence-corrected chi connectivity index (χ4v) is 2.21. The monoisotopic (exact) mass is 371 g/mol. The lowest BCUT2D eigenvalue weighted by molar-refractivity contribution is 0.863. The Morgan fingerprint density at radius 1 is 1.50 bits per heavy atom. The van der Waals surface area contributed by atoms with Crippen molar-refractivity contribution in [2.45, 2.75) is 6.92 Å². The van der Waals surface area contributed by atoms with E-state index >= 15 is 0 Å². The quantitative estimate of drug-likeness (QED) is 0.494. The van der Waals surface area contributed by atoms with Gasteiger partial charge in [-0.15, -0.1) is 0 Å². The molecule has 20 heavy (non-hydrogen) atoms. The van der Waals surface area contributed by atoms with Gasteiger partial charge in [-0.3, -0.25) is 5.43 Å². The molecule has 0 saturated heterocycles. The summed E-state index contributed by atoms with van der Waals surface area (Å²) in [4.78, 5) is 0. The van der Waals surface area contributed by atoms with E-state index in [0.29, 0.717) is 10.7 Å². The zero-order valence-electron chi connectivity index (χ0n) is 10.5. The van der Waals surface area contributed by atoms with Crippen molar-refractivity contribution in [2.24, 2.45) is 10.8 Å². The number of aryl methyl sites for hydroxylation is 1. The molecular weight excluding hydrogens is 362 g/mol. The number of rotatable bonds is 3. The molecule has 0 aliphatic heterocycles. The predicted molar refractivity (Wildman–Crippen MR) is 88.5 cm³/mol. The number of hydrogen-bond acceptors (Lipinski definition) is 3. The third-order valence-corrected chi connectivity index (χ3v) is 3.47. The Kier molecular flexibility index (Phi) is 4.74. The van der Waals surface area contributed by atoms with Crippen LogP contribution in [0.25, 0.3) is 5.69 Å². The van der Waals surface area contributed by atoms with Crippen LogP contribution >= 0.6 is 39.7 Å². The van der Waals surface area contributed by atoms with Crippen molar-refractivity contribution < 1.29 is 0 Å². The van der Waals surface area contributed by atoms with Crippen LogP contribution in [0.2, 0.25) is 5.15 Å². The van der Waals surface area contributed by atoms with Crippen molar-refractivity contribution in [3.8, 4) is 5.69 Å². The number of aromatic nitrogens is 2. The average Bonchev–Trinajstić information content (AvgIpc) is 2.67. The lowest BCUT2D eigenvalue weighted by Gasteiger charge is -2.02. The van der Waals surface area contributed by atoms with Crippen molar-refractivity contribution in [1.82, 2.24) is 15.2 Å². The highest BCUT2D eigenvalue weighted by Gasteiger charge is 2.13. The Labute approximate surface area is 134 Å². The third-order valence-electron chi connectivity index (χ3n) is 2.49. The predicted octanol–water partition coefficient (Wildman–Crippen LogP) is 2.76. The Morgan fingerprint density at radius 2 is 2.15 bits per heavy atom. The average molecular weight is 373 g/mol. The number of nitrogens with one attached hydrogen (secondary N) is 1. The second-order valence-electron chi connectivity index (χ2n) is 3.91. The largest absolute Gasteiger partial charge is 0.375 e. The van der Waals surface area contributed by atoms with Crippen molar-refractivity contribution in [3.05, 3.63) is 45.1 Å². The molecule has 2 rings (SSSR count). The van der Waals surface area contributed by atoms with Gasteiger partial charge in [0.05, 0.1) is 23.2 Å². The summed E-state index contributed by atoms with van der Waals surface area (Å²) in [5.74, 6) is 0. The SMILES string of the molecule is Cc1nn(-c2ccc(Br)cc2)c(Cl)c1C=NNC(N)=S. The lowest BCUT2D eigenvalue weighted by atomic mass is 10.3. The molecule has 1 aromatic carbocycles. The minimum atomic E-state index is 0.0929. The van der Waals surface area contributed by atoms with Gasteiger partial charge in [0.15, 0.2) is 5.11 Å². The second kappa shape index (κ2) is 6.34. The van der Waals surface area contributed by atoms with Crippen LogP contribution in [-0.4, -0.2) is 21.1 Å². The van der Waals surface area contributed by atoms with E-state index < -0.39 is 0 Å². The standard InChI is InChI=1S/C12H11BrClN5S/c1-7-10(6-16-17-12(15)20)11(14)19(18-7)9-4-2-8(13)3-5-9/h2-6H,1H3,(H3,15,17,20). The van der Waals surface area contributed by atoms with E-state index in [9.17, 15) is 0 Å². The molecule has 5 nitrogen and oxygen atoms in total. The van der Waals surface area contributed by atoms with E-state index in [-0.39, 0.29) is 5.11 Å². The molecule has 0 unspecified atom stereocenters. The molecule has 0 spiro atoms. The van der Waals surface area contributed by atoms with Crippen LogP contribution in [-0.2, 0) is 0 Å². The normalized spacial score (nSPS) is 10.9. The van der Waals surface area contributed by atoms with Gasteiger partial charge in [0.1, 0.15) is 5.15 Å². The molecular formula is C12H11BrClN5S. The van der Waals surface area contributed by atoms with E-state index in [1.54, 1.807) is 10.9 Å². The summed E-state index contributed by atoms with van der Waals surface area (Å²) in [7, 11) is 0. The first-order valence-electron chi connectivity index (χ1n) is 5.58. The van der Waals surface area contributed by atoms with Gasteiger partial charge in [-0.2, -0.15) is 10.2 Å². The van der Waals surface area contributed by atoms with Gasteiger partial charge in [-0.25, -0.2) is 4.68 Å². The van der Waals surface area contributed by atoms with Gasteiger partial charge in [-0.05, 0) is 43.4 Å². The molecule has 0 radical (unpaired) electrons. The van der Waals surface area contributed by atoms with Crippen LogP contribution in [0.1, 0.15) is 11.3 Å². The highest BCUT2D eigenvalue weighted by Crippen LogP contribution is 2.23. The molecule has 0 amide bonds. The minimum Gasteiger partial charge on any atom is -0.375 e. The van der Waals surface area contributed by atoms with Crippen LogP contribution in [0, 0.1) is 6.92 Å². The molecule has 0 aliphatic carbocycles. The molecule has 0 saturated carbocycles. The molecule has 0 atom stereocenters. The molecule has 1 aromatic heterocycles. The van der Waals surface area contributed by atoms with Crippen LogP contribution < -0.4 is 11.2 Å².